The summed E-state index contributed by atoms with van der Waals surface area (Å²) in [4.78, 5) is 13.6. The lowest BCUT2D eigenvalue weighted by Gasteiger charge is -2.17. The summed E-state index contributed by atoms with van der Waals surface area (Å²) in [7, 11) is 3.32. The Morgan fingerprint density at radius 3 is 2.76 bits per heavy atom. The molecule has 1 aliphatic heterocycles. The normalized spacial score (nSPS) is 18.9. The second kappa shape index (κ2) is 4.13. The fourth-order valence-corrected chi connectivity index (χ4v) is 2.03. The van der Waals surface area contributed by atoms with Crippen LogP contribution in [-0.2, 0) is 4.79 Å². The van der Waals surface area contributed by atoms with Crippen molar-refractivity contribution in [3.63, 3.8) is 0 Å². The number of carbonyl (C=O) groups is 1. The Balaban J connectivity index is 2.59. The third-order valence-electron chi connectivity index (χ3n) is 3.10. The maximum Gasteiger partial charge on any atom is 0.233 e. The number of benzene rings is 1. The summed E-state index contributed by atoms with van der Waals surface area (Å²) in [5.41, 5.74) is 8.36. The summed E-state index contributed by atoms with van der Waals surface area (Å²) in [5, 5.41) is 0. The zero-order chi connectivity index (χ0) is 12.6. The molecule has 0 radical (unpaired) electrons. The number of nitrogens with zero attached hydrogens (tertiary/aromatic N) is 1. The topological polar surface area (TPSA) is 55.6 Å². The van der Waals surface area contributed by atoms with Gasteiger partial charge in [0.15, 0.2) is 0 Å². The zero-order valence-corrected chi connectivity index (χ0v) is 10.2. The molecule has 1 atom stereocenters. The first-order chi connectivity index (χ1) is 8.04. The van der Waals surface area contributed by atoms with Crippen molar-refractivity contribution < 1.29 is 9.53 Å². The highest BCUT2D eigenvalue weighted by atomic mass is 16.5. The maximum absolute atomic E-state index is 12.0. The van der Waals surface area contributed by atoms with Gasteiger partial charge in [-0.1, -0.05) is 0 Å². The lowest BCUT2D eigenvalue weighted by atomic mass is 9.94. The summed E-state index contributed by atoms with van der Waals surface area (Å²) in [5.74, 6) is 0.479. The van der Waals surface area contributed by atoms with Crippen LogP contribution >= 0.6 is 0 Å². The Morgan fingerprint density at radius 2 is 2.12 bits per heavy atom. The number of methoxy groups -OCH3 is 1. The number of likely N-dealkylation sites (N-methyl/N-ethyl adjacent to an activating group) is 1. The molecule has 1 aliphatic rings. The number of carbonyl (C=O) groups excluding carboxylic acids is 1. The number of anilines is 1. The number of hydrogen-bond acceptors (Lipinski definition) is 3. The van der Waals surface area contributed by atoms with Crippen LogP contribution in [0.2, 0.25) is 0 Å². The Kier molecular flexibility index (Phi) is 2.79. The summed E-state index contributed by atoms with van der Waals surface area (Å²) >= 11 is 0. The first-order valence-corrected chi connectivity index (χ1v) is 5.47. The monoisotopic (exact) mass is 232 g/mol. The van der Waals surface area contributed by atoms with E-state index in [2.05, 4.69) is 0 Å². The van der Waals surface area contributed by atoms with Crippen molar-refractivity contribution in [3.05, 3.63) is 29.5 Å². The fourth-order valence-electron chi connectivity index (χ4n) is 2.03. The van der Waals surface area contributed by atoms with Crippen molar-refractivity contribution in [2.24, 2.45) is 0 Å². The van der Waals surface area contributed by atoms with Crippen LogP contribution in [0, 0.1) is 0 Å². The van der Waals surface area contributed by atoms with Gasteiger partial charge in [-0.3, -0.25) is 4.79 Å². The van der Waals surface area contributed by atoms with Crippen molar-refractivity contribution in [1.29, 1.82) is 0 Å². The second-order valence-electron chi connectivity index (χ2n) is 4.21. The molecule has 90 valence electrons. The highest BCUT2D eigenvalue weighted by Gasteiger charge is 2.24. The Morgan fingerprint density at radius 1 is 1.41 bits per heavy atom. The third-order valence-corrected chi connectivity index (χ3v) is 3.10. The Labute approximate surface area is 101 Å². The number of rotatable bonds is 1. The molecule has 0 aromatic heterocycles. The van der Waals surface area contributed by atoms with Gasteiger partial charge in [0.05, 0.1) is 18.7 Å². The first kappa shape index (κ1) is 11.5. The van der Waals surface area contributed by atoms with Gasteiger partial charge >= 0.3 is 0 Å². The largest absolute Gasteiger partial charge is 0.495 e. The van der Waals surface area contributed by atoms with Gasteiger partial charge < -0.3 is 15.4 Å². The first-order valence-electron chi connectivity index (χ1n) is 5.47. The van der Waals surface area contributed by atoms with Gasteiger partial charge in [-0.25, -0.2) is 0 Å². The Bertz CT molecular complexity index is 494. The van der Waals surface area contributed by atoms with E-state index in [0.717, 1.165) is 11.1 Å². The van der Waals surface area contributed by atoms with Crippen LogP contribution in [0.5, 0.6) is 5.75 Å². The molecule has 0 bridgehead atoms. The predicted molar refractivity (Wildman–Crippen MR) is 67.6 cm³/mol. The van der Waals surface area contributed by atoms with Crippen LogP contribution in [-0.4, -0.2) is 25.0 Å². The molecule has 4 nitrogen and oxygen atoms in total. The van der Waals surface area contributed by atoms with Gasteiger partial charge in [0, 0.05) is 13.2 Å². The summed E-state index contributed by atoms with van der Waals surface area (Å²) in [6.45, 7) is 1.89. The van der Waals surface area contributed by atoms with Crippen LogP contribution in [0.25, 0.3) is 6.08 Å². The van der Waals surface area contributed by atoms with Crippen LogP contribution < -0.4 is 10.5 Å². The highest BCUT2D eigenvalue weighted by Crippen LogP contribution is 2.33. The molecule has 0 spiro atoms. The Hall–Kier alpha value is -1.97. The number of fused-ring (bicyclic) bond motifs is 1. The summed E-state index contributed by atoms with van der Waals surface area (Å²) in [6, 6.07) is 3.68. The lowest BCUT2D eigenvalue weighted by Crippen LogP contribution is -2.24. The molecule has 0 aliphatic carbocycles. The molecule has 2 rings (SSSR count). The average Bonchev–Trinajstić information content (AvgIpc) is 2.42. The minimum absolute atomic E-state index is 0.0619. The molecule has 1 aromatic carbocycles. The SMILES string of the molecule is COc1cc2c(cc1N)C=CN(C)C(=O)C2C. The third kappa shape index (κ3) is 1.86. The molecular formula is C13H16N2O2. The van der Waals surface area contributed by atoms with Crippen molar-refractivity contribution in [1.82, 2.24) is 4.90 Å². The second-order valence-corrected chi connectivity index (χ2v) is 4.21. The maximum atomic E-state index is 12.0. The molecule has 1 amide bonds. The average molecular weight is 232 g/mol. The van der Waals surface area contributed by atoms with E-state index in [0.29, 0.717) is 11.4 Å². The highest BCUT2D eigenvalue weighted by molar-refractivity contribution is 5.88. The molecular weight excluding hydrogens is 216 g/mol. The molecule has 2 N–H and O–H groups in total. The molecule has 4 heteroatoms. The number of nitrogens with two attached hydrogens (primary N) is 1. The summed E-state index contributed by atoms with van der Waals surface area (Å²) in [6.07, 6.45) is 3.66. The van der Waals surface area contributed by atoms with Crippen LogP contribution in [0.3, 0.4) is 0 Å². The minimum Gasteiger partial charge on any atom is -0.495 e. The van der Waals surface area contributed by atoms with Gasteiger partial charge in [0.1, 0.15) is 5.75 Å². The summed E-state index contributed by atoms with van der Waals surface area (Å²) < 4.78 is 5.19. The number of hydrogen-bond donors (Lipinski definition) is 1. The molecule has 1 heterocycles. The van der Waals surface area contributed by atoms with E-state index >= 15 is 0 Å². The number of amides is 1. The molecule has 0 saturated carbocycles. The van der Waals surface area contributed by atoms with E-state index in [1.54, 1.807) is 25.3 Å². The molecule has 0 fully saturated rings. The van der Waals surface area contributed by atoms with Gasteiger partial charge in [-0.05, 0) is 36.3 Å². The lowest BCUT2D eigenvalue weighted by molar-refractivity contribution is -0.128. The number of nitrogen functional groups attached to an aromatic ring is 1. The van der Waals surface area contributed by atoms with E-state index in [1.165, 1.54) is 0 Å². The van der Waals surface area contributed by atoms with E-state index in [9.17, 15) is 4.79 Å². The van der Waals surface area contributed by atoms with Gasteiger partial charge in [0.2, 0.25) is 5.91 Å². The van der Waals surface area contributed by atoms with Crippen molar-refractivity contribution in [3.8, 4) is 5.75 Å². The van der Waals surface area contributed by atoms with Gasteiger partial charge in [0.25, 0.3) is 0 Å². The van der Waals surface area contributed by atoms with Crippen molar-refractivity contribution in [2.75, 3.05) is 19.9 Å². The van der Waals surface area contributed by atoms with E-state index in [1.807, 2.05) is 25.1 Å². The smallest absolute Gasteiger partial charge is 0.233 e. The van der Waals surface area contributed by atoms with Gasteiger partial charge in [-0.15, -0.1) is 0 Å². The van der Waals surface area contributed by atoms with Crippen molar-refractivity contribution in [2.45, 2.75) is 12.8 Å². The van der Waals surface area contributed by atoms with E-state index < -0.39 is 0 Å². The van der Waals surface area contributed by atoms with E-state index in [4.69, 9.17) is 10.5 Å². The van der Waals surface area contributed by atoms with E-state index in [-0.39, 0.29) is 11.8 Å². The molecule has 1 aromatic rings. The predicted octanol–water partition coefficient (Wildman–Crippen LogP) is 1.82. The zero-order valence-electron chi connectivity index (χ0n) is 10.2. The van der Waals surface area contributed by atoms with Crippen LogP contribution in [0.1, 0.15) is 24.0 Å². The van der Waals surface area contributed by atoms with Crippen LogP contribution in [0.15, 0.2) is 18.3 Å². The van der Waals surface area contributed by atoms with Crippen molar-refractivity contribution >= 4 is 17.7 Å². The van der Waals surface area contributed by atoms with Crippen LogP contribution in [0.4, 0.5) is 5.69 Å². The number of ether oxygens (including phenoxy) is 1. The fraction of sp³-hybridized carbons (Fsp3) is 0.308. The molecule has 17 heavy (non-hydrogen) atoms. The molecule has 1 unspecified atom stereocenters. The molecule has 0 saturated heterocycles. The standard InChI is InChI=1S/C13H16N2O2/c1-8-10-7-12(17-3)11(14)6-9(10)4-5-15(2)13(8)16/h4-8H,14H2,1-3H3. The van der Waals surface area contributed by atoms with Gasteiger partial charge in [-0.2, -0.15) is 0 Å². The quantitative estimate of drug-likeness (QED) is 0.751. The minimum atomic E-state index is -0.195.